The van der Waals surface area contributed by atoms with E-state index in [9.17, 15) is 4.79 Å². The van der Waals surface area contributed by atoms with Crippen LogP contribution in [0.3, 0.4) is 0 Å². The molecule has 1 aliphatic rings. The van der Waals surface area contributed by atoms with Crippen LogP contribution in [-0.4, -0.2) is 17.9 Å². The molecule has 0 bridgehead atoms. The molecule has 2 aromatic carbocycles. The van der Waals surface area contributed by atoms with Gasteiger partial charge < -0.3 is 4.74 Å². The predicted octanol–water partition coefficient (Wildman–Crippen LogP) is 5.27. The van der Waals surface area contributed by atoms with Crippen LogP contribution in [0.15, 0.2) is 75.9 Å². The summed E-state index contributed by atoms with van der Waals surface area (Å²) in [5, 5.41) is 0. The van der Waals surface area contributed by atoms with E-state index in [0.717, 1.165) is 25.1 Å². The van der Waals surface area contributed by atoms with Crippen molar-refractivity contribution in [1.29, 1.82) is 0 Å². The molecule has 0 spiro atoms. The number of carbonyl (C=O) groups is 1. The number of benzene rings is 2. The molecule has 24 heavy (non-hydrogen) atoms. The molecule has 0 unspecified atom stereocenters. The summed E-state index contributed by atoms with van der Waals surface area (Å²) in [4.78, 5) is 14.4. The van der Waals surface area contributed by atoms with Gasteiger partial charge in [0, 0.05) is 9.77 Å². The number of allylic oxidation sites excluding steroid dienone is 1. The Bertz CT molecular complexity index is 824. The Balaban J connectivity index is 1.90. The maximum absolute atomic E-state index is 12.1. The number of carbonyl (C=O) groups excluding carboxylic acids is 1. The Morgan fingerprint density at radius 1 is 1.00 bits per heavy atom. The average molecular weight is 371 g/mol. The lowest BCUT2D eigenvalue weighted by molar-refractivity contribution is -0.135. The predicted molar refractivity (Wildman–Crippen MR) is 107 cm³/mol. The van der Waals surface area contributed by atoms with Crippen molar-refractivity contribution in [2.24, 2.45) is 0 Å². The Morgan fingerprint density at radius 3 is 2.25 bits per heavy atom. The molecule has 0 saturated carbocycles. The van der Waals surface area contributed by atoms with Crippen molar-refractivity contribution in [2.45, 2.75) is 0 Å². The Morgan fingerprint density at radius 2 is 1.62 bits per heavy atom. The van der Waals surface area contributed by atoms with Crippen LogP contribution in [0.5, 0.6) is 0 Å². The smallest absolute Gasteiger partial charge is 0.345 e. The van der Waals surface area contributed by atoms with Crippen molar-refractivity contribution in [3.05, 3.63) is 87.0 Å². The fraction of sp³-hybridized carbons (Fsp3) is 0.0526. The highest BCUT2D eigenvalue weighted by molar-refractivity contribution is 8.32. The zero-order valence-electron chi connectivity index (χ0n) is 12.9. The number of thioether (sulfide) groups is 2. The van der Waals surface area contributed by atoms with Gasteiger partial charge in [0.15, 0.2) is 0 Å². The molecule has 2 aromatic rings. The van der Waals surface area contributed by atoms with E-state index in [2.05, 4.69) is 0 Å². The zero-order chi connectivity index (χ0) is 16.9. The van der Waals surface area contributed by atoms with Crippen molar-refractivity contribution >= 4 is 51.5 Å². The van der Waals surface area contributed by atoms with Gasteiger partial charge in [0.05, 0.1) is 11.3 Å². The summed E-state index contributed by atoms with van der Waals surface area (Å²) in [6.45, 7) is 0. The third-order valence-corrected chi connectivity index (χ3v) is 6.17. The maximum Gasteiger partial charge on any atom is 0.345 e. The maximum atomic E-state index is 12.1. The van der Waals surface area contributed by atoms with Gasteiger partial charge in [0.25, 0.3) is 0 Å². The minimum absolute atomic E-state index is 0.319. The van der Waals surface area contributed by atoms with Crippen LogP contribution in [-0.2, 0) is 9.53 Å². The van der Waals surface area contributed by atoms with E-state index in [0.29, 0.717) is 4.91 Å². The fourth-order valence-electron chi connectivity index (χ4n) is 2.17. The minimum atomic E-state index is -0.319. The summed E-state index contributed by atoms with van der Waals surface area (Å²) >= 11 is 8.47. The van der Waals surface area contributed by atoms with Crippen LogP contribution >= 0.6 is 35.7 Å². The molecule has 0 saturated heterocycles. The molecule has 0 aromatic heterocycles. The van der Waals surface area contributed by atoms with Gasteiger partial charge in [-0.2, -0.15) is 0 Å². The number of rotatable bonds is 4. The van der Waals surface area contributed by atoms with E-state index in [-0.39, 0.29) is 5.97 Å². The lowest BCUT2D eigenvalue weighted by Gasteiger charge is -2.03. The van der Waals surface area contributed by atoms with Gasteiger partial charge in [-0.3, -0.25) is 0 Å². The molecule has 0 atom stereocenters. The summed E-state index contributed by atoms with van der Waals surface area (Å²) in [6.07, 6.45) is 1.94. The molecular weight excluding hydrogens is 356 g/mol. The number of esters is 1. The molecule has 1 heterocycles. The molecule has 0 radical (unpaired) electrons. The van der Waals surface area contributed by atoms with E-state index in [1.165, 1.54) is 18.9 Å². The number of hydrogen-bond donors (Lipinski definition) is 0. The summed E-state index contributed by atoms with van der Waals surface area (Å²) in [5.41, 5.74) is 2.00. The highest BCUT2D eigenvalue weighted by Gasteiger charge is 2.28. The largest absolute Gasteiger partial charge is 0.465 e. The molecule has 1 aliphatic heterocycles. The highest BCUT2D eigenvalue weighted by atomic mass is 32.2. The highest BCUT2D eigenvalue weighted by Crippen LogP contribution is 2.53. The van der Waals surface area contributed by atoms with Gasteiger partial charge in [-0.1, -0.05) is 96.4 Å². The first-order chi connectivity index (χ1) is 11.7. The standard InChI is InChI=1S/C19H14O2S3/c1-21-19(20)18-17(14-10-6-3-7-11-14)23-16(24-18)12-15(22)13-8-4-2-5-9-13/h2-12H,1H3. The molecule has 5 heteroatoms. The van der Waals surface area contributed by atoms with Crippen molar-refractivity contribution < 1.29 is 9.53 Å². The van der Waals surface area contributed by atoms with Gasteiger partial charge in [-0.25, -0.2) is 4.79 Å². The molecule has 0 aliphatic carbocycles. The summed E-state index contributed by atoms with van der Waals surface area (Å²) in [7, 11) is 1.40. The molecule has 120 valence electrons. The lowest BCUT2D eigenvalue weighted by atomic mass is 10.1. The second kappa shape index (κ2) is 7.83. The number of ether oxygens (including phenoxy) is 1. The van der Waals surface area contributed by atoms with Gasteiger partial charge in [0.1, 0.15) is 4.91 Å². The van der Waals surface area contributed by atoms with E-state index < -0.39 is 0 Å². The fourth-order valence-corrected chi connectivity index (χ4v) is 5.06. The van der Waals surface area contributed by atoms with Crippen molar-refractivity contribution in [3.8, 4) is 0 Å². The first kappa shape index (κ1) is 17.0. The van der Waals surface area contributed by atoms with Gasteiger partial charge in [-0.05, 0) is 17.2 Å². The van der Waals surface area contributed by atoms with Crippen LogP contribution in [0.25, 0.3) is 4.91 Å². The SMILES string of the molecule is COC(=O)C1=C(c2ccccc2)SC(=CC(=S)c2ccccc2)S1. The quantitative estimate of drug-likeness (QED) is 0.316. The van der Waals surface area contributed by atoms with Gasteiger partial charge in [-0.15, -0.1) is 0 Å². The Labute approximate surface area is 155 Å². The molecule has 2 nitrogen and oxygen atoms in total. The summed E-state index contributed by atoms with van der Waals surface area (Å²) < 4.78 is 5.91. The van der Waals surface area contributed by atoms with Gasteiger partial charge in [0.2, 0.25) is 0 Å². The first-order valence-corrected chi connectivity index (χ1v) is 9.28. The minimum Gasteiger partial charge on any atom is -0.465 e. The van der Waals surface area contributed by atoms with E-state index in [1.54, 1.807) is 11.8 Å². The normalized spacial score (nSPS) is 15.6. The van der Waals surface area contributed by atoms with E-state index in [4.69, 9.17) is 17.0 Å². The molecule has 3 rings (SSSR count). The third kappa shape index (κ3) is 3.80. The van der Waals surface area contributed by atoms with Crippen LogP contribution < -0.4 is 0 Å². The number of methoxy groups -OCH3 is 1. The summed E-state index contributed by atoms with van der Waals surface area (Å²) in [5.74, 6) is -0.319. The zero-order valence-corrected chi connectivity index (χ0v) is 15.3. The second-order valence-corrected chi connectivity index (χ2v) is 7.72. The Kier molecular flexibility index (Phi) is 5.56. The van der Waals surface area contributed by atoms with Crippen molar-refractivity contribution in [2.75, 3.05) is 7.11 Å². The molecule has 0 fully saturated rings. The average Bonchev–Trinajstić information content (AvgIpc) is 3.06. The lowest BCUT2D eigenvalue weighted by Crippen LogP contribution is -2.01. The monoisotopic (exact) mass is 370 g/mol. The molecule has 0 amide bonds. The third-order valence-electron chi connectivity index (χ3n) is 3.33. The second-order valence-electron chi connectivity index (χ2n) is 4.91. The number of thiocarbonyl (C=S) groups is 1. The van der Waals surface area contributed by atoms with Crippen LogP contribution in [0.4, 0.5) is 0 Å². The Hall–Kier alpha value is -1.82. The van der Waals surface area contributed by atoms with Crippen LogP contribution in [0, 0.1) is 0 Å². The molecule has 0 N–H and O–H groups in total. The van der Waals surface area contributed by atoms with Crippen molar-refractivity contribution in [3.63, 3.8) is 0 Å². The number of hydrogen-bond acceptors (Lipinski definition) is 5. The van der Waals surface area contributed by atoms with Gasteiger partial charge >= 0.3 is 5.97 Å². The topological polar surface area (TPSA) is 26.3 Å². The molecular formula is C19H14O2S3. The van der Waals surface area contributed by atoms with Crippen LogP contribution in [0.2, 0.25) is 0 Å². The van der Waals surface area contributed by atoms with Crippen LogP contribution in [0.1, 0.15) is 11.1 Å². The van der Waals surface area contributed by atoms with E-state index >= 15 is 0 Å². The van der Waals surface area contributed by atoms with Crippen molar-refractivity contribution in [1.82, 2.24) is 0 Å². The first-order valence-electron chi connectivity index (χ1n) is 7.24. The van der Waals surface area contributed by atoms with E-state index in [1.807, 2.05) is 66.7 Å². The summed E-state index contributed by atoms with van der Waals surface area (Å²) in [6, 6.07) is 19.7.